The van der Waals surface area contributed by atoms with Crippen LogP contribution in [0.1, 0.15) is 303 Å². The van der Waals surface area contributed by atoms with Crippen molar-refractivity contribution < 1.29 is 24.5 Å². The average Bonchev–Trinajstić information content (AvgIpc) is 3.31. The van der Waals surface area contributed by atoms with E-state index in [-0.39, 0.29) is 18.5 Å². The van der Waals surface area contributed by atoms with Crippen LogP contribution in [0.3, 0.4) is 0 Å². The van der Waals surface area contributed by atoms with E-state index in [1.54, 1.807) is 6.08 Å². The number of carbonyl (C=O) groups is 2. The molecule has 0 saturated carbocycles. The van der Waals surface area contributed by atoms with Gasteiger partial charge in [0.15, 0.2) is 0 Å². The Morgan fingerprint density at radius 2 is 0.769 bits per heavy atom. The van der Waals surface area contributed by atoms with E-state index >= 15 is 0 Å². The predicted octanol–water partition coefficient (Wildman–Crippen LogP) is 17.6. The maximum Gasteiger partial charge on any atom is 0.305 e. The fourth-order valence-corrected chi connectivity index (χ4v) is 8.77. The van der Waals surface area contributed by atoms with Crippen molar-refractivity contribution in [1.29, 1.82) is 0 Å². The second-order valence-corrected chi connectivity index (χ2v) is 19.6. The third-order valence-corrected chi connectivity index (χ3v) is 13.2. The zero-order chi connectivity index (χ0) is 47.2. The Balaban J connectivity index is 3.43. The zero-order valence-corrected chi connectivity index (χ0v) is 43.5. The molecule has 382 valence electrons. The van der Waals surface area contributed by atoms with Gasteiger partial charge in [-0.25, -0.2) is 0 Å². The standard InChI is InChI=1S/C59H111NO5/c1-3-5-7-9-11-13-14-15-16-17-24-27-30-33-37-41-45-49-53-59(64)65-54-50-46-42-38-34-31-28-25-22-20-18-19-21-23-26-29-32-36-40-44-48-52-58(63)60-56(55-61)57(62)51-47-43-39-35-12-10-8-6-4-2/h31,34,42,46-47,51,56-57,61-62H,3-30,32-33,35-41,43-45,48-50,52-55H2,1-2H3,(H,60,63)/b34-31-,46-42-,51-47+. The molecule has 0 aromatic rings. The van der Waals surface area contributed by atoms with Gasteiger partial charge in [0, 0.05) is 12.8 Å². The molecule has 0 aliphatic rings. The summed E-state index contributed by atoms with van der Waals surface area (Å²) in [5.74, 6) is -0.107. The quantitative estimate of drug-likeness (QED) is 0.0321. The van der Waals surface area contributed by atoms with Crippen LogP contribution in [0.25, 0.3) is 0 Å². The maximum absolute atomic E-state index is 12.4. The molecule has 0 aromatic heterocycles. The third-order valence-electron chi connectivity index (χ3n) is 13.2. The number of rotatable bonds is 53. The molecule has 2 atom stereocenters. The summed E-state index contributed by atoms with van der Waals surface area (Å²) in [5.41, 5.74) is 0. The van der Waals surface area contributed by atoms with Crippen molar-refractivity contribution in [2.24, 2.45) is 0 Å². The Morgan fingerprint density at radius 1 is 0.431 bits per heavy atom. The summed E-state index contributed by atoms with van der Waals surface area (Å²) in [6.07, 6.45) is 67.7. The Morgan fingerprint density at radius 3 is 1.17 bits per heavy atom. The number of unbranched alkanes of at least 4 members (excludes halogenated alkanes) is 38. The van der Waals surface area contributed by atoms with E-state index in [1.807, 2.05) is 6.08 Å². The van der Waals surface area contributed by atoms with Gasteiger partial charge in [0.25, 0.3) is 0 Å². The molecular weight excluding hydrogens is 803 g/mol. The zero-order valence-electron chi connectivity index (χ0n) is 43.5. The first-order valence-electron chi connectivity index (χ1n) is 28.8. The Bertz CT molecular complexity index is 1060. The fraction of sp³-hybridized carbons (Fsp3) is 0.864. The fourth-order valence-electron chi connectivity index (χ4n) is 8.77. The van der Waals surface area contributed by atoms with E-state index < -0.39 is 12.1 Å². The second-order valence-electron chi connectivity index (χ2n) is 19.6. The van der Waals surface area contributed by atoms with E-state index in [0.717, 1.165) is 51.4 Å². The van der Waals surface area contributed by atoms with Gasteiger partial charge in [-0.2, -0.15) is 0 Å². The monoisotopic (exact) mass is 914 g/mol. The van der Waals surface area contributed by atoms with Crippen molar-refractivity contribution >= 4 is 11.9 Å². The van der Waals surface area contributed by atoms with Crippen LogP contribution in [0.15, 0.2) is 36.5 Å². The van der Waals surface area contributed by atoms with Gasteiger partial charge >= 0.3 is 5.97 Å². The molecule has 0 saturated heterocycles. The molecule has 0 heterocycles. The van der Waals surface area contributed by atoms with Crippen molar-refractivity contribution in [1.82, 2.24) is 5.32 Å². The summed E-state index contributed by atoms with van der Waals surface area (Å²) in [6.45, 7) is 4.78. The number of ether oxygens (including phenoxy) is 1. The largest absolute Gasteiger partial charge is 0.465 e. The molecule has 2 unspecified atom stereocenters. The summed E-state index contributed by atoms with van der Waals surface area (Å²) in [7, 11) is 0. The number of hydrogen-bond donors (Lipinski definition) is 3. The van der Waals surface area contributed by atoms with E-state index in [1.165, 1.54) is 225 Å². The van der Waals surface area contributed by atoms with Crippen LogP contribution < -0.4 is 5.32 Å². The number of hydrogen-bond acceptors (Lipinski definition) is 5. The molecule has 0 fully saturated rings. The molecule has 0 radical (unpaired) electrons. The Hall–Kier alpha value is -1.92. The average molecular weight is 915 g/mol. The van der Waals surface area contributed by atoms with Crippen LogP contribution in [0.2, 0.25) is 0 Å². The molecule has 0 aliphatic heterocycles. The lowest BCUT2D eigenvalue weighted by molar-refractivity contribution is -0.143. The van der Waals surface area contributed by atoms with Crippen LogP contribution in [0.5, 0.6) is 0 Å². The second kappa shape index (κ2) is 54.7. The minimum Gasteiger partial charge on any atom is -0.465 e. The molecule has 0 aliphatic carbocycles. The van der Waals surface area contributed by atoms with Gasteiger partial charge in [-0.05, 0) is 51.4 Å². The van der Waals surface area contributed by atoms with E-state index in [9.17, 15) is 19.8 Å². The molecule has 1 amide bonds. The molecule has 0 spiro atoms. The van der Waals surface area contributed by atoms with Crippen molar-refractivity contribution in [2.75, 3.05) is 13.2 Å². The van der Waals surface area contributed by atoms with Crippen LogP contribution in [-0.2, 0) is 14.3 Å². The lowest BCUT2D eigenvalue weighted by atomic mass is 10.0. The SMILES string of the molecule is CCCCCCCCC/C=C/C(O)C(CO)NC(=O)CCCCCCCCCCCCCCCC/C=C\C/C=C\CCOC(=O)CCCCCCCCCCCCCCCCCCCC. The van der Waals surface area contributed by atoms with Crippen LogP contribution >= 0.6 is 0 Å². The van der Waals surface area contributed by atoms with Crippen LogP contribution in [0.4, 0.5) is 0 Å². The van der Waals surface area contributed by atoms with Crippen molar-refractivity contribution in [3.63, 3.8) is 0 Å². The van der Waals surface area contributed by atoms with E-state index in [4.69, 9.17) is 4.74 Å². The highest BCUT2D eigenvalue weighted by Crippen LogP contribution is 2.17. The van der Waals surface area contributed by atoms with Gasteiger partial charge < -0.3 is 20.3 Å². The third kappa shape index (κ3) is 51.3. The van der Waals surface area contributed by atoms with Crippen molar-refractivity contribution in [3.05, 3.63) is 36.5 Å². The Labute approximate surface area is 404 Å². The van der Waals surface area contributed by atoms with Crippen LogP contribution in [0, 0.1) is 0 Å². The number of amides is 1. The first-order valence-corrected chi connectivity index (χ1v) is 28.8. The van der Waals surface area contributed by atoms with Gasteiger partial charge in [-0.3, -0.25) is 9.59 Å². The summed E-state index contributed by atoms with van der Waals surface area (Å²) in [6, 6.07) is -0.629. The number of nitrogens with one attached hydrogen (secondary N) is 1. The summed E-state index contributed by atoms with van der Waals surface area (Å²) in [5, 5.41) is 22.9. The Kier molecular flexibility index (Phi) is 53.1. The van der Waals surface area contributed by atoms with Gasteiger partial charge in [0.2, 0.25) is 5.91 Å². The van der Waals surface area contributed by atoms with Gasteiger partial charge in [-0.1, -0.05) is 275 Å². The van der Waals surface area contributed by atoms with Gasteiger partial charge in [-0.15, -0.1) is 0 Å². The summed E-state index contributed by atoms with van der Waals surface area (Å²) in [4.78, 5) is 24.4. The number of aliphatic hydroxyl groups is 2. The highest BCUT2D eigenvalue weighted by atomic mass is 16.5. The van der Waals surface area contributed by atoms with Gasteiger partial charge in [0.1, 0.15) is 0 Å². The van der Waals surface area contributed by atoms with E-state index in [2.05, 4.69) is 43.5 Å². The lowest BCUT2D eigenvalue weighted by Crippen LogP contribution is -2.45. The molecule has 0 aromatic carbocycles. The number of aliphatic hydroxyl groups excluding tert-OH is 2. The minimum absolute atomic E-state index is 0.0319. The van der Waals surface area contributed by atoms with Crippen LogP contribution in [-0.4, -0.2) is 47.4 Å². The van der Waals surface area contributed by atoms with Gasteiger partial charge in [0.05, 0.1) is 25.4 Å². The first kappa shape index (κ1) is 63.1. The molecule has 6 nitrogen and oxygen atoms in total. The number of carbonyl (C=O) groups excluding carboxylic acids is 2. The normalized spacial score (nSPS) is 12.9. The highest BCUT2D eigenvalue weighted by Gasteiger charge is 2.18. The van der Waals surface area contributed by atoms with Crippen molar-refractivity contribution in [2.45, 2.75) is 315 Å². The predicted molar refractivity (Wildman–Crippen MR) is 283 cm³/mol. The highest BCUT2D eigenvalue weighted by molar-refractivity contribution is 5.76. The molecular formula is C59H111NO5. The number of allylic oxidation sites excluding steroid dienone is 4. The topological polar surface area (TPSA) is 95.9 Å². The summed E-state index contributed by atoms with van der Waals surface area (Å²) < 4.78 is 5.43. The molecule has 0 bridgehead atoms. The van der Waals surface area contributed by atoms with E-state index in [0.29, 0.717) is 19.4 Å². The maximum atomic E-state index is 12.4. The van der Waals surface area contributed by atoms with Crippen molar-refractivity contribution in [3.8, 4) is 0 Å². The number of esters is 1. The molecule has 0 rings (SSSR count). The summed E-state index contributed by atoms with van der Waals surface area (Å²) >= 11 is 0. The molecule has 65 heavy (non-hydrogen) atoms. The first-order chi connectivity index (χ1) is 32.0. The smallest absolute Gasteiger partial charge is 0.305 e. The minimum atomic E-state index is -0.845. The molecule has 3 N–H and O–H groups in total. The molecule has 6 heteroatoms. The lowest BCUT2D eigenvalue weighted by Gasteiger charge is -2.20.